The minimum Gasteiger partial charge on any atom is -0.372 e. The monoisotopic (exact) mass is 287 g/mol. The Bertz CT molecular complexity index is 909. The van der Waals surface area contributed by atoms with E-state index in [4.69, 9.17) is 4.74 Å². The predicted octanol–water partition coefficient (Wildman–Crippen LogP) is 4.81. The maximum absolute atomic E-state index is 5.92. The smallest absolute Gasteiger partial charge is 0.0742 e. The Kier molecular flexibility index (Phi) is 3.37. The molecular weight excluding hydrogens is 270 g/mol. The highest BCUT2D eigenvalue weighted by molar-refractivity contribution is 5.84. The normalized spacial score (nSPS) is 11.3. The lowest BCUT2D eigenvalue weighted by Crippen LogP contribution is -1.98. The molecule has 0 aliphatic heterocycles. The van der Waals surface area contributed by atoms with Crippen molar-refractivity contribution in [3.63, 3.8) is 0 Å². The molecule has 0 atom stereocenters. The summed E-state index contributed by atoms with van der Waals surface area (Å²) in [6.45, 7) is 1.26. The van der Waals surface area contributed by atoms with E-state index in [0.717, 1.165) is 0 Å². The second-order valence-electron chi connectivity index (χ2n) is 5.47. The number of para-hydroxylation sites is 1. The number of nitrogens with zero attached hydrogens (tertiary/aromatic N) is 1. The van der Waals surface area contributed by atoms with Gasteiger partial charge in [-0.2, -0.15) is 0 Å². The SMILES string of the molecule is c1ccc(COCc2cc3ccccc3n3cccc23)cc1. The van der Waals surface area contributed by atoms with Crippen LogP contribution < -0.4 is 0 Å². The van der Waals surface area contributed by atoms with E-state index in [-0.39, 0.29) is 0 Å². The van der Waals surface area contributed by atoms with E-state index in [1.54, 1.807) is 0 Å². The molecule has 0 aliphatic rings. The van der Waals surface area contributed by atoms with Gasteiger partial charge in [0.25, 0.3) is 0 Å². The summed E-state index contributed by atoms with van der Waals surface area (Å²) in [4.78, 5) is 0. The van der Waals surface area contributed by atoms with Crippen LogP contribution in [0, 0.1) is 0 Å². The molecule has 0 bridgehead atoms. The average molecular weight is 287 g/mol. The summed E-state index contributed by atoms with van der Waals surface area (Å²) in [5.41, 5.74) is 4.87. The maximum atomic E-state index is 5.92. The van der Waals surface area contributed by atoms with E-state index < -0.39 is 0 Å². The fourth-order valence-corrected chi connectivity index (χ4v) is 2.91. The van der Waals surface area contributed by atoms with Gasteiger partial charge >= 0.3 is 0 Å². The van der Waals surface area contributed by atoms with Crippen LogP contribution in [0.15, 0.2) is 79.0 Å². The molecule has 0 spiro atoms. The van der Waals surface area contributed by atoms with Gasteiger partial charge in [0, 0.05) is 11.8 Å². The van der Waals surface area contributed by atoms with Crippen LogP contribution in [0.2, 0.25) is 0 Å². The number of fused-ring (bicyclic) bond motifs is 3. The zero-order valence-corrected chi connectivity index (χ0v) is 12.3. The van der Waals surface area contributed by atoms with E-state index in [0.29, 0.717) is 13.2 Å². The van der Waals surface area contributed by atoms with Gasteiger partial charge in [-0.1, -0.05) is 48.5 Å². The van der Waals surface area contributed by atoms with Crippen molar-refractivity contribution >= 4 is 16.4 Å². The average Bonchev–Trinajstić information content (AvgIpc) is 3.06. The van der Waals surface area contributed by atoms with Gasteiger partial charge in [-0.05, 0) is 35.2 Å². The molecule has 0 amide bonds. The van der Waals surface area contributed by atoms with Crippen LogP contribution in [0.3, 0.4) is 0 Å². The Hall–Kier alpha value is -2.58. The highest BCUT2D eigenvalue weighted by Gasteiger charge is 2.06. The van der Waals surface area contributed by atoms with E-state index in [1.165, 1.54) is 27.5 Å². The first-order valence-corrected chi connectivity index (χ1v) is 7.51. The summed E-state index contributed by atoms with van der Waals surface area (Å²) < 4.78 is 8.15. The van der Waals surface area contributed by atoms with Gasteiger partial charge in [-0.3, -0.25) is 0 Å². The van der Waals surface area contributed by atoms with Crippen molar-refractivity contribution in [3.05, 3.63) is 90.1 Å². The zero-order chi connectivity index (χ0) is 14.8. The fraction of sp³-hybridized carbons (Fsp3) is 0.100. The summed E-state index contributed by atoms with van der Waals surface area (Å²) in [5.74, 6) is 0. The van der Waals surface area contributed by atoms with Crippen molar-refractivity contribution in [3.8, 4) is 0 Å². The third-order valence-corrected chi connectivity index (χ3v) is 3.97. The molecule has 2 heterocycles. The second kappa shape index (κ2) is 5.66. The third kappa shape index (κ3) is 2.38. The van der Waals surface area contributed by atoms with Crippen LogP contribution >= 0.6 is 0 Å². The quantitative estimate of drug-likeness (QED) is 0.525. The van der Waals surface area contributed by atoms with Crippen LogP contribution in [0.4, 0.5) is 0 Å². The van der Waals surface area contributed by atoms with Crippen LogP contribution in [0.1, 0.15) is 11.1 Å². The van der Waals surface area contributed by atoms with Gasteiger partial charge in [0.2, 0.25) is 0 Å². The summed E-state index contributed by atoms with van der Waals surface area (Å²) >= 11 is 0. The largest absolute Gasteiger partial charge is 0.372 e. The molecule has 4 rings (SSSR count). The molecule has 0 unspecified atom stereocenters. The molecule has 0 fully saturated rings. The summed E-state index contributed by atoms with van der Waals surface area (Å²) in [7, 11) is 0. The van der Waals surface area contributed by atoms with Gasteiger partial charge in [0.15, 0.2) is 0 Å². The first-order valence-electron chi connectivity index (χ1n) is 7.51. The van der Waals surface area contributed by atoms with Crippen LogP contribution in [-0.4, -0.2) is 4.40 Å². The first kappa shape index (κ1) is 13.1. The van der Waals surface area contributed by atoms with E-state index in [9.17, 15) is 0 Å². The molecule has 108 valence electrons. The maximum Gasteiger partial charge on any atom is 0.0742 e. The fourth-order valence-electron chi connectivity index (χ4n) is 2.91. The number of ether oxygens (including phenoxy) is 1. The Morgan fingerprint density at radius 1 is 0.727 bits per heavy atom. The molecule has 0 saturated heterocycles. The van der Waals surface area contributed by atoms with Gasteiger partial charge in [0.05, 0.1) is 24.2 Å². The van der Waals surface area contributed by atoms with Gasteiger partial charge in [0.1, 0.15) is 0 Å². The van der Waals surface area contributed by atoms with Crippen molar-refractivity contribution in [2.75, 3.05) is 0 Å². The summed E-state index contributed by atoms with van der Waals surface area (Å²) in [6, 6.07) is 25.2. The Balaban J connectivity index is 1.64. The predicted molar refractivity (Wildman–Crippen MR) is 89.8 cm³/mol. The zero-order valence-electron chi connectivity index (χ0n) is 12.3. The van der Waals surface area contributed by atoms with Crippen LogP contribution in [0.5, 0.6) is 0 Å². The molecule has 2 nitrogen and oxygen atoms in total. The number of benzene rings is 2. The van der Waals surface area contributed by atoms with E-state index in [1.807, 2.05) is 18.2 Å². The van der Waals surface area contributed by atoms with Crippen molar-refractivity contribution in [1.29, 1.82) is 0 Å². The molecule has 2 heteroatoms. The molecule has 0 N–H and O–H groups in total. The van der Waals surface area contributed by atoms with E-state index >= 15 is 0 Å². The number of rotatable bonds is 4. The molecule has 0 aliphatic carbocycles. The Labute approximate surface area is 129 Å². The minimum atomic E-state index is 0.618. The van der Waals surface area contributed by atoms with Crippen molar-refractivity contribution in [2.24, 2.45) is 0 Å². The summed E-state index contributed by atoms with van der Waals surface area (Å²) in [6.07, 6.45) is 2.11. The molecule has 22 heavy (non-hydrogen) atoms. The Morgan fingerprint density at radius 3 is 2.41 bits per heavy atom. The molecule has 0 radical (unpaired) electrons. The van der Waals surface area contributed by atoms with Gasteiger partial charge in [-0.15, -0.1) is 0 Å². The topological polar surface area (TPSA) is 13.6 Å². The first-order chi connectivity index (χ1) is 10.9. The van der Waals surface area contributed by atoms with E-state index in [2.05, 4.69) is 65.2 Å². The highest BCUT2D eigenvalue weighted by Crippen LogP contribution is 2.22. The third-order valence-electron chi connectivity index (χ3n) is 3.97. The number of hydrogen-bond acceptors (Lipinski definition) is 1. The molecular formula is C20H17NO. The molecule has 2 aromatic heterocycles. The standard InChI is InChI=1S/C20H17NO/c1-2-7-16(8-3-1)14-22-15-18-13-17-9-4-5-10-19(17)21-12-6-11-20(18)21/h1-13H,14-15H2. The Morgan fingerprint density at radius 2 is 1.50 bits per heavy atom. The molecule has 4 aromatic rings. The van der Waals surface area contributed by atoms with Crippen LogP contribution in [0.25, 0.3) is 16.4 Å². The molecule has 2 aromatic carbocycles. The van der Waals surface area contributed by atoms with Gasteiger partial charge in [-0.25, -0.2) is 0 Å². The lowest BCUT2D eigenvalue weighted by Gasteiger charge is -2.10. The van der Waals surface area contributed by atoms with Crippen LogP contribution in [-0.2, 0) is 18.0 Å². The van der Waals surface area contributed by atoms with Gasteiger partial charge < -0.3 is 9.14 Å². The minimum absolute atomic E-state index is 0.618. The van der Waals surface area contributed by atoms with Crippen molar-refractivity contribution in [1.82, 2.24) is 4.40 Å². The number of pyridine rings is 1. The second-order valence-corrected chi connectivity index (χ2v) is 5.47. The highest BCUT2D eigenvalue weighted by atomic mass is 16.5. The lowest BCUT2D eigenvalue weighted by molar-refractivity contribution is 0.108. The van der Waals surface area contributed by atoms with Crippen molar-refractivity contribution < 1.29 is 4.74 Å². The molecule has 0 saturated carbocycles. The lowest BCUT2D eigenvalue weighted by atomic mass is 10.1. The number of aromatic nitrogens is 1. The number of hydrogen-bond donors (Lipinski definition) is 0. The van der Waals surface area contributed by atoms with Crippen molar-refractivity contribution in [2.45, 2.75) is 13.2 Å². The summed E-state index contributed by atoms with van der Waals surface area (Å²) in [5, 5.41) is 1.24.